The Morgan fingerprint density at radius 2 is 1.09 bits per heavy atom. The highest BCUT2D eigenvalue weighted by molar-refractivity contribution is 8.18. The van der Waals surface area contributed by atoms with Crippen LogP contribution in [0.3, 0.4) is 0 Å². The number of nitrogens with zero attached hydrogens (tertiary/aromatic N) is 2. The molecule has 0 amide bonds. The molecule has 0 radical (unpaired) electrons. The van der Waals surface area contributed by atoms with Gasteiger partial charge < -0.3 is 10.0 Å². The summed E-state index contributed by atoms with van der Waals surface area (Å²) in [5.41, 5.74) is 12.3. The molecule has 298 valence electrons. The summed E-state index contributed by atoms with van der Waals surface area (Å²) in [5, 5.41) is 14.3. The molecule has 58 heavy (non-hydrogen) atoms. The fourth-order valence-corrected chi connectivity index (χ4v) is 10.3. The molecule has 0 bridgehead atoms. The van der Waals surface area contributed by atoms with Gasteiger partial charge in [0.1, 0.15) is 10.8 Å². The summed E-state index contributed by atoms with van der Waals surface area (Å²) < 4.78 is 2.29. The van der Waals surface area contributed by atoms with Crippen LogP contribution >= 0.6 is 23.1 Å². The summed E-state index contributed by atoms with van der Waals surface area (Å²) in [6.45, 7) is 12.9. The van der Waals surface area contributed by atoms with Crippen molar-refractivity contribution in [2.45, 2.75) is 106 Å². The van der Waals surface area contributed by atoms with Crippen molar-refractivity contribution in [3.05, 3.63) is 164 Å². The van der Waals surface area contributed by atoms with Gasteiger partial charge in [0.25, 0.3) is 5.04 Å². The number of aryl methyl sites for hydroxylation is 5. The van der Waals surface area contributed by atoms with Crippen LogP contribution in [0.4, 0.5) is 27.8 Å². The Hall–Kier alpha value is -4.91. The van der Waals surface area contributed by atoms with E-state index in [4.69, 9.17) is 0 Å². The van der Waals surface area contributed by atoms with E-state index >= 15 is 0 Å². The van der Waals surface area contributed by atoms with Crippen molar-refractivity contribution < 1.29 is 9.90 Å². The largest absolute Gasteiger partial charge is 0.506 e. The molecule has 5 aromatic rings. The van der Waals surface area contributed by atoms with Gasteiger partial charge in [0.05, 0.1) is 11.1 Å². The van der Waals surface area contributed by atoms with Crippen LogP contribution in [0.25, 0.3) is 5.57 Å². The number of carbonyl (C=O) groups is 1. The van der Waals surface area contributed by atoms with Crippen LogP contribution in [0.2, 0.25) is 0 Å². The van der Waals surface area contributed by atoms with Gasteiger partial charge in [0, 0.05) is 51.5 Å². The molecule has 0 spiro atoms. The summed E-state index contributed by atoms with van der Waals surface area (Å²) in [6.07, 6.45) is 13.0. The first-order valence-corrected chi connectivity index (χ1v) is 22.8. The number of Topliss-reactive ketones (excluding diaryl/α,β-unsaturated/α-hetero) is 1. The van der Waals surface area contributed by atoms with Crippen LogP contribution in [0.1, 0.15) is 104 Å². The van der Waals surface area contributed by atoms with Crippen LogP contribution in [-0.2, 0) is 11.2 Å². The monoisotopic (exact) mass is 805 g/mol. The van der Waals surface area contributed by atoms with E-state index in [9.17, 15) is 9.90 Å². The second-order valence-corrected chi connectivity index (χ2v) is 18.0. The van der Waals surface area contributed by atoms with Crippen molar-refractivity contribution in [2.24, 2.45) is 0 Å². The number of hydrogen-bond acceptors (Lipinski definition) is 5. The smallest absolute Gasteiger partial charge is 0.251 e. The maximum absolute atomic E-state index is 14.7. The number of carbonyl (C=O) groups excluding carboxylic acids is 1. The minimum Gasteiger partial charge on any atom is -0.506 e. The van der Waals surface area contributed by atoms with Gasteiger partial charge >= 0.3 is 0 Å². The van der Waals surface area contributed by atoms with E-state index in [1.54, 1.807) is 23.1 Å². The molecule has 7 rings (SSSR count). The van der Waals surface area contributed by atoms with E-state index in [-0.39, 0.29) is 11.5 Å². The van der Waals surface area contributed by atoms with Gasteiger partial charge in [0.2, 0.25) is 17.2 Å². The molecule has 1 aliphatic carbocycles. The molecule has 1 aliphatic heterocycles. The summed E-state index contributed by atoms with van der Waals surface area (Å²) in [6, 6.07) is 36.8. The number of thioether (sulfide) groups is 1. The number of ketones is 1. The molecule has 1 aromatic heterocycles. The molecule has 0 saturated carbocycles. The average Bonchev–Trinajstić information content (AvgIpc) is 3.81. The van der Waals surface area contributed by atoms with Gasteiger partial charge in [-0.15, -0.1) is 15.9 Å². The second kappa shape index (κ2) is 18.8. The first-order valence-electron chi connectivity index (χ1n) is 21.1. The Morgan fingerprint density at radius 3 is 1.57 bits per heavy atom. The molecule has 4 aromatic carbocycles. The van der Waals surface area contributed by atoms with E-state index in [0.29, 0.717) is 11.1 Å². The van der Waals surface area contributed by atoms with Crippen molar-refractivity contribution in [3.8, 4) is 0 Å². The topological polar surface area (TPSA) is 43.5 Å². The minimum absolute atomic E-state index is 0.0571. The molecule has 0 unspecified atom stereocenters. The van der Waals surface area contributed by atoms with Crippen molar-refractivity contribution >= 4 is 67.2 Å². The number of allylic oxidation sites excluding steroid dienone is 3. The standard InChI is InChI=1S/C52H56N2O2S2/c1-7-9-11-13-15-39-33-45(53(41-25-17-35(3)18-26-41)42-27-19-36(4)20-28-42)57-51(39)47-49(55)48(50(47)56)52-40(16-14-12-10-8-2)34-46(58-52)54(43-29-21-37(5)22-30-43)44-31-23-38(6)24-32-44/h17-34H,7-16H2,1-6H3/p+1. The van der Waals surface area contributed by atoms with E-state index in [1.807, 2.05) is 0 Å². The second-order valence-electron chi connectivity index (χ2n) is 15.9. The molecule has 0 atom stereocenters. The summed E-state index contributed by atoms with van der Waals surface area (Å²) >= 11 is 3.24. The minimum atomic E-state index is -0.0571. The van der Waals surface area contributed by atoms with Crippen LogP contribution < -0.4 is 9.48 Å². The van der Waals surface area contributed by atoms with Crippen LogP contribution in [-0.4, -0.2) is 15.9 Å². The molecular weight excluding hydrogens is 749 g/mol. The number of aliphatic hydroxyl groups is 1. The Labute approximate surface area is 354 Å². The SMILES string of the molecule is CCCCCCC1=CC(=[N+](c2ccc(C)cc2)c2ccc(C)cc2)S/C1=C1\C(=O)C(c2sc(N(c3ccc(C)cc3)c3ccc(C)cc3)cc2CCCCCC)=C1O. The van der Waals surface area contributed by atoms with Crippen LogP contribution in [0.5, 0.6) is 0 Å². The molecule has 0 fully saturated rings. The Morgan fingerprint density at radius 1 is 0.603 bits per heavy atom. The van der Waals surface area contributed by atoms with Crippen LogP contribution in [0, 0.1) is 27.7 Å². The van der Waals surface area contributed by atoms with Crippen molar-refractivity contribution in [2.75, 3.05) is 4.90 Å². The number of anilines is 3. The van der Waals surface area contributed by atoms with Gasteiger partial charge in [-0.2, -0.15) is 0 Å². The normalized spacial score (nSPS) is 15.2. The molecule has 2 aliphatic rings. The van der Waals surface area contributed by atoms with E-state index < -0.39 is 0 Å². The van der Waals surface area contributed by atoms with E-state index in [2.05, 4.69) is 160 Å². The Kier molecular flexibility index (Phi) is 13.4. The highest BCUT2D eigenvalue weighted by Gasteiger charge is 2.43. The Bertz CT molecular complexity index is 2280. The lowest BCUT2D eigenvalue weighted by molar-refractivity contribution is -0.111. The number of aliphatic hydroxyl groups excluding tert-OH is 1. The zero-order valence-electron chi connectivity index (χ0n) is 35.0. The maximum atomic E-state index is 14.7. The number of thiophene rings is 1. The average molecular weight is 806 g/mol. The third kappa shape index (κ3) is 9.04. The fraction of sp³-hybridized carbons (Fsp3) is 0.308. The predicted molar refractivity (Wildman–Crippen MR) is 251 cm³/mol. The molecule has 0 saturated heterocycles. The lowest BCUT2D eigenvalue weighted by atomic mass is 9.83. The highest BCUT2D eigenvalue weighted by atomic mass is 32.2. The molecule has 4 nitrogen and oxygen atoms in total. The van der Waals surface area contributed by atoms with Gasteiger partial charge in [0.15, 0.2) is 0 Å². The lowest BCUT2D eigenvalue weighted by Crippen LogP contribution is -2.23. The Balaban J connectivity index is 1.35. The van der Waals surface area contributed by atoms with Gasteiger partial charge in [-0.3, -0.25) is 4.79 Å². The highest BCUT2D eigenvalue weighted by Crippen LogP contribution is 2.51. The molecule has 6 heteroatoms. The third-order valence-corrected chi connectivity index (χ3v) is 13.5. The molecular formula is C52H57N2O2S2+. The zero-order valence-corrected chi connectivity index (χ0v) is 36.7. The number of hydrogen-bond donors (Lipinski definition) is 1. The quantitative estimate of drug-likeness (QED) is 0.0613. The number of unbranched alkanes of at least 4 members (excludes halogenated alkanes) is 6. The summed E-state index contributed by atoms with van der Waals surface area (Å²) in [4.78, 5) is 18.8. The van der Waals surface area contributed by atoms with Gasteiger partial charge in [-0.25, -0.2) is 0 Å². The summed E-state index contributed by atoms with van der Waals surface area (Å²) in [7, 11) is 0. The van der Waals surface area contributed by atoms with Gasteiger partial charge in [-0.05, 0) is 107 Å². The predicted octanol–water partition coefficient (Wildman–Crippen LogP) is 15.3. The lowest BCUT2D eigenvalue weighted by Gasteiger charge is -2.25. The van der Waals surface area contributed by atoms with Crippen molar-refractivity contribution in [1.82, 2.24) is 4.58 Å². The molecule has 1 N–H and O–H groups in total. The first kappa shape index (κ1) is 41.3. The van der Waals surface area contributed by atoms with E-state index in [0.717, 1.165) is 105 Å². The summed E-state index contributed by atoms with van der Waals surface area (Å²) in [5.74, 6) is 0.0734. The van der Waals surface area contributed by atoms with Crippen molar-refractivity contribution in [1.29, 1.82) is 0 Å². The van der Waals surface area contributed by atoms with Gasteiger partial charge in [-0.1, -0.05) is 123 Å². The van der Waals surface area contributed by atoms with Crippen molar-refractivity contribution in [3.63, 3.8) is 0 Å². The first-order chi connectivity index (χ1) is 28.2. The number of rotatable bonds is 16. The fourth-order valence-electron chi connectivity index (χ4n) is 7.73. The third-order valence-electron chi connectivity index (χ3n) is 11.2. The maximum Gasteiger partial charge on any atom is 0.251 e. The molecule has 2 heterocycles. The van der Waals surface area contributed by atoms with Crippen LogP contribution in [0.15, 0.2) is 131 Å². The number of benzene rings is 4. The van der Waals surface area contributed by atoms with E-state index in [1.165, 1.54) is 35.1 Å². The zero-order chi connectivity index (χ0) is 40.8.